The van der Waals surface area contributed by atoms with E-state index in [9.17, 15) is 19.5 Å². The summed E-state index contributed by atoms with van der Waals surface area (Å²) in [5.41, 5.74) is 0. The molecule has 1 aliphatic heterocycles. The van der Waals surface area contributed by atoms with Crippen LogP contribution in [-0.2, 0) is 14.4 Å². The van der Waals surface area contributed by atoms with Crippen LogP contribution in [-0.4, -0.2) is 53.5 Å². The van der Waals surface area contributed by atoms with Gasteiger partial charge < -0.3 is 20.1 Å². The molecule has 1 aromatic carbocycles. The first-order chi connectivity index (χ1) is 12.4. The van der Waals surface area contributed by atoms with Crippen molar-refractivity contribution in [2.75, 3.05) is 19.7 Å². The molecular weight excluding hydrogens is 336 g/mol. The first-order valence-corrected chi connectivity index (χ1v) is 8.87. The molecule has 0 bridgehead atoms. The lowest BCUT2D eigenvalue weighted by atomic mass is 9.94. The highest BCUT2D eigenvalue weighted by atomic mass is 16.5. The number of piperidine rings is 1. The third-order valence-electron chi connectivity index (χ3n) is 4.55. The zero-order valence-electron chi connectivity index (χ0n) is 15.2. The summed E-state index contributed by atoms with van der Waals surface area (Å²) in [6.07, 6.45) is 1.04. The Labute approximate surface area is 153 Å². The number of likely N-dealkylation sites (tertiary alicyclic amines) is 1. The normalized spacial score (nSPS) is 16.2. The van der Waals surface area contributed by atoms with Crippen LogP contribution in [0.1, 0.15) is 26.7 Å². The van der Waals surface area contributed by atoms with Gasteiger partial charge in [0, 0.05) is 19.0 Å². The summed E-state index contributed by atoms with van der Waals surface area (Å²) in [6, 6.07) is 8.24. The number of carbonyl (C=O) groups is 3. The van der Waals surface area contributed by atoms with Gasteiger partial charge in [-0.15, -0.1) is 0 Å². The molecule has 1 aromatic rings. The Bertz CT molecular complexity index is 624. The molecular formula is C19H26N2O5. The van der Waals surface area contributed by atoms with E-state index in [1.807, 2.05) is 18.2 Å². The number of carboxylic acid groups (broad SMARTS) is 1. The molecule has 2 rings (SSSR count). The van der Waals surface area contributed by atoms with Crippen molar-refractivity contribution < 1.29 is 24.2 Å². The number of hydrogen-bond acceptors (Lipinski definition) is 4. The van der Waals surface area contributed by atoms with Crippen molar-refractivity contribution in [2.45, 2.75) is 32.7 Å². The van der Waals surface area contributed by atoms with Gasteiger partial charge in [0.1, 0.15) is 11.8 Å². The Kier molecular flexibility index (Phi) is 7.00. The molecule has 0 aliphatic carbocycles. The number of amides is 2. The van der Waals surface area contributed by atoms with E-state index in [4.69, 9.17) is 4.74 Å². The summed E-state index contributed by atoms with van der Waals surface area (Å²) < 4.78 is 5.46. The lowest BCUT2D eigenvalue weighted by molar-refractivity contribution is -0.144. The van der Waals surface area contributed by atoms with Crippen molar-refractivity contribution in [2.24, 2.45) is 11.8 Å². The van der Waals surface area contributed by atoms with Gasteiger partial charge in [-0.25, -0.2) is 4.79 Å². The van der Waals surface area contributed by atoms with Gasteiger partial charge in [-0.2, -0.15) is 0 Å². The number of hydrogen-bond donors (Lipinski definition) is 2. The van der Waals surface area contributed by atoms with Crippen LogP contribution in [0.2, 0.25) is 0 Å². The quantitative estimate of drug-likeness (QED) is 0.767. The third kappa shape index (κ3) is 5.47. The van der Waals surface area contributed by atoms with Crippen LogP contribution >= 0.6 is 0 Å². The first-order valence-electron chi connectivity index (χ1n) is 8.87. The molecule has 0 unspecified atom stereocenters. The Morgan fingerprint density at radius 3 is 2.35 bits per heavy atom. The average Bonchev–Trinajstić information content (AvgIpc) is 2.64. The number of nitrogens with one attached hydrogen (secondary N) is 1. The number of carboxylic acids is 1. The van der Waals surface area contributed by atoms with Crippen molar-refractivity contribution in [1.29, 1.82) is 0 Å². The zero-order chi connectivity index (χ0) is 19.1. The van der Waals surface area contributed by atoms with E-state index in [-0.39, 0.29) is 30.3 Å². The molecule has 26 heavy (non-hydrogen) atoms. The molecule has 1 atom stereocenters. The van der Waals surface area contributed by atoms with Crippen LogP contribution in [0, 0.1) is 11.8 Å². The van der Waals surface area contributed by atoms with Crippen molar-refractivity contribution in [3.8, 4) is 5.75 Å². The van der Waals surface area contributed by atoms with Crippen molar-refractivity contribution in [3.63, 3.8) is 0 Å². The monoisotopic (exact) mass is 362 g/mol. The molecule has 7 heteroatoms. The van der Waals surface area contributed by atoms with Gasteiger partial charge in [0.2, 0.25) is 5.91 Å². The molecule has 2 N–H and O–H groups in total. The van der Waals surface area contributed by atoms with Crippen LogP contribution in [0.15, 0.2) is 30.3 Å². The van der Waals surface area contributed by atoms with Gasteiger partial charge in [0.15, 0.2) is 6.61 Å². The molecule has 0 radical (unpaired) electrons. The Hall–Kier alpha value is -2.57. The van der Waals surface area contributed by atoms with Crippen molar-refractivity contribution in [3.05, 3.63) is 30.3 Å². The molecule has 0 aromatic heterocycles. The predicted octanol–water partition coefficient (Wildman–Crippen LogP) is 1.53. The maximum Gasteiger partial charge on any atom is 0.326 e. The van der Waals surface area contributed by atoms with Gasteiger partial charge in [0.25, 0.3) is 5.91 Å². The summed E-state index contributed by atoms with van der Waals surface area (Å²) in [5.74, 6) is -1.21. The first kappa shape index (κ1) is 19.8. The summed E-state index contributed by atoms with van der Waals surface area (Å²) in [5, 5.41) is 11.8. The predicted molar refractivity (Wildman–Crippen MR) is 95.6 cm³/mol. The number of para-hydroxylation sites is 1. The van der Waals surface area contributed by atoms with Crippen LogP contribution in [0.3, 0.4) is 0 Å². The molecule has 1 saturated heterocycles. The van der Waals surface area contributed by atoms with Gasteiger partial charge in [-0.1, -0.05) is 32.0 Å². The maximum atomic E-state index is 12.3. The molecule has 0 saturated carbocycles. The number of ether oxygens (including phenoxy) is 1. The Morgan fingerprint density at radius 2 is 1.81 bits per heavy atom. The minimum atomic E-state index is -1.03. The zero-order valence-corrected chi connectivity index (χ0v) is 15.2. The lowest BCUT2D eigenvalue weighted by Gasteiger charge is -2.32. The average molecular weight is 362 g/mol. The number of benzene rings is 1. The summed E-state index contributed by atoms with van der Waals surface area (Å²) in [6.45, 7) is 4.42. The minimum absolute atomic E-state index is 0.0324. The van der Waals surface area contributed by atoms with Gasteiger partial charge in [-0.05, 0) is 30.9 Å². The number of carbonyl (C=O) groups excluding carboxylic acids is 2. The smallest absolute Gasteiger partial charge is 0.326 e. The van der Waals surface area contributed by atoms with Crippen molar-refractivity contribution >= 4 is 17.8 Å². The summed E-state index contributed by atoms with van der Waals surface area (Å²) in [7, 11) is 0. The third-order valence-corrected chi connectivity index (χ3v) is 4.55. The molecule has 1 aliphatic rings. The van der Waals surface area contributed by atoms with E-state index in [0.717, 1.165) is 0 Å². The van der Waals surface area contributed by atoms with Crippen LogP contribution in [0.25, 0.3) is 0 Å². The van der Waals surface area contributed by atoms with Crippen molar-refractivity contribution in [1.82, 2.24) is 10.2 Å². The van der Waals surface area contributed by atoms with Gasteiger partial charge in [-0.3, -0.25) is 9.59 Å². The SMILES string of the molecule is CC(C)[C@H](NC(=O)C1CCN(C(=O)COc2ccccc2)CC1)C(=O)O. The molecule has 7 nitrogen and oxygen atoms in total. The second-order valence-corrected chi connectivity index (χ2v) is 6.83. The van der Waals surface area contributed by atoms with E-state index < -0.39 is 12.0 Å². The van der Waals surface area contributed by atoms with E-state index in [1.54, 1.807) is 30.9 Å². The number of rotatable bonds is 7. The van der Waals surface area contributed by atoms with E-state index >= 15 is 0 Å². The highest BCUT2D eigenvalue weighted by Crippen LogP contribution is 2.19. The second-order valence-electron chi connectivity index (χ2n) is 6.83. The molecule has 0 spiro atoms. The van der Waals surface area contributed by atoms with Crippen LogP contribution in [0.5, 0.6) is 5.75 Å². The van der Waals surface area contributed by atoms with E-state index in [2.05, 4.69) is 5.32 Å². The fourth-order valence-electron chi connectivity index (χ4n) is 2.93. The standard InChI is InChI=1S/C19H26N2O5/c1-13(2)17(19(24)25)20-18(23)14-8-10-21(11-9-14)16(22)12-26-15-6-4-3-5-7-15/h3-7,13-14,17H,8-12H2,1-2H3,(H,20,23)(H,24,25)/t17-/m0/s1. The van der Waals surface area contributed by atoms with Crippen LogP contribution in [0.4, 0.5) is 0 Å². The van der Waals surface area contributed by atoms with Gasteiger partial charge >= 0.3 is 5.97 Å². The fraction of sp³-hybridized carbons (Fsp3) is 0.526. The fourth-order valence-corrected chi connectivity index (χ4v) is 2.93. The topological polar surface area (TPSA) is 95.9 Å². The maximum absolute atomic E-state index is 12.3. The largest absolute Gasteiger partial charge is 0.484 e. The molecule has 2 amide bonds. The highest BCUT2D eigenvalue weighted by Gasteiger charge is 2.31. The minimum Gasteiger partial charge on any atom is -0.484 e. The molecule has 142 valence electrons. The Morgan fingerprint density at radius 1 is 1.19 bits per heavy atom. The highest BCUT2D eigenvalue weighted by molar-refractivity contribution is 5.85. The number of nitrogens with zero attached hydrogens (tertiary/aromatic N) is 1. The Balaban J connectivity index is 1.78. The second kappa shape index (κ2) is 9.22. The number of aliphatic carboxylic acids is 1. The molecule has 1 heterocycles. The van der Waals surface area contributed by atoms with Crippen LogP contribution < -0.4 is 10.1 Å². The molecule has 1 fully saturated rings. The van der Waals surface area contributed by atoms with E-state index in [1.165, 1.54) is 0 Å². The lowest BCUT2D eigenvalue weighted by Crippen LogP contribution is -2.49. The summed E-state index contributed by atoms with van der Waals surface area (Å²) >= 11 is 0. The van der Waals surface area contributed by atoms with E-state index in [0.29, 0.717) is 31.7 Å². The van der Waals surface area contributed by atoms with Gasteiger partial charge in [0.05, 0.1) is 0 Å². The summed E-state index contributed by atoms with van der Waals surface area (Å²) in [4.78, 5) is 37.4.